The van der Waals surface area contributed by atoms with Crippen LogP contribution in [0.2, 0.25) is 5.15 Å². The first-order chi connectivity index (χ1) is 11.6. The molecule has 0 bridgehead atoms. The lowest BCUT2D eigenvalue weighted by molar-refractivity contribution is 0.102. The van der Waals surface area contributed by atoms with E-state index in [0.717, 1.165) is 5.39 Å². The van der Waals surface area contributed by atoms with Gasteiger partial charge in [0.1, 0.15) is 16.7 Å². The van der Waals surface area contributed by atoms with Crippen LogP contribution in [0.15, 0.2) is 48.5 Å². The Hall–Kier alpha value is -2.79. The first kappa shape index (κ1) is 16.1. The van der Waals surface area contributed by atoms with Crippen molar-refractivity contribution in [2.45, 2.75) is 0 Å². The number of anilines is 1. The van der Waals surface area contributed by atoms with Gasteiger partial charge in [0.2, 0.25) is 0 Å². The number of carbonyl (C=O) groups is 1. The summed E-state index contributed by atoms with van der Waals surface area (Å²) in [6, 6.07) is 14.1. The van der Waals surface area contributed by atoms with Crippen LogP contribution < -0.4 is 14.8 Å². The number of hydrogen-bond donors (Lipinski definition) is 1. The van der Waals surface area contributed by atoms with Gasteiger partial charge in [-0.15, -0.1) is 0 Å². The van der Waals surface area contributed by atoms with Gasteiger partial charge < -0.3 is 14.8 Å². The quantitative estimate of drug-likeness (QED) is 0.723. The van der Waals surface area contributed by atoms with Crippen LogP contribution in [0.4, 0.5) is 5.69 Å². The summed E-state index contributed by atoms with van der Waals surface area (Å²) in [6.07, 6.45) is 0. The number of aromatic nitrogens is 1. The molecule has 1 heterocycles. The van der Waals surface area contributed by atoms with Crippen LogP contribution in [0.3, 0.4) is 0 Å². The van der Waals surface area contributed by atoms with Crippen LogP contribution in [0.5, 0.6) is 11.5 Å². The van der Waals surface area contributed by atoms with Gasteiger partial charge >= 0.3 is 0 Å². The molecule has 0 saturated carbocycles. The number of methoxy groups -OCH3 is 2. The van der Waals surface area contributed by atoms with Gasteiger partial charge in [-0.3, -0.25) is 4.79 Å². The summed E-state index contributed by atoms with van der Waals surface area (Å²) < 4.78 is 10.4. The molecular weight excluding hydrogens is 328 g/mol. The van der Waals surface area contributed by atoms with Crippen LogP contribution in [0.25, 0.3) is 10.9 Å². The number of fused-ring (bicyclic) bond motifs is 1. The molecule has 0 aliphatic heterocycles. The third-order valence-electron chi connectivity index (χ3n) is 3.54. The van der Waals surface area contributed by atoms with E-state index in [1.54, 1.807) is 38.5 Å². The second-order valence-electron chi connectivity index (χ2n) is 5.07. The molecule has 0 fully saturated rings. The topological polar surface area (TPSA) is 60.5 Å². The summed E-state index contributed by atoms with van der Waals surface area (Å²) in [7, 11) is 3.10. The fourth-order valence-electron chi connectivity index (χ4n) is 2.41. The summed E-state index contributed by atoms with van der Waals surface area (Å²) in [5.41, 5.74) is 1.68. The summed E-state index contributed by atoms with van der Waals surface area (Å²) in [5, 5.41) is 3.84. The molecule has 0 atom stereocenters. The first-order valence-corrected chi connectivity index (χ1v) is 7.58. The molecule has 3 rings (SSSR count). The Morgan fingerprint density at radius 1 is 1.04 bits per heavy atom. The van der Waals surface area contributed by atoms with Crippen molar-refractivity contribution < 1.29 is 14.3 Å². The molecule has 6 heteroatoms. The predicted octanol–water partition coefficient (Wildman–Crippen LogP) is 4.16. The molecule has 1 aromatic heterocycles. The van der Waals surface area contributed by atoms with Gasteiger partial charge in [0.15, 0.2) is 0 Å². The third-order valence-corrected chi connectivity index (χ3v) is 3.73. The van der Waals surface area contributed by atoms with Crippen LogP contribution in [-0.2, 0) is 0 Å². The number of nitrogens with zero attached hydrogens (tertiary/aromatic N) is 1. The fraction of sp³-hybridized carbons (Fsp3) is 0.111. The van der Waals surface area contributed by atoms with Gasteiger partial charge in [-0.2, -0.15) is 0 Å². The second kappa shape index (κ2) is 6.76. The zero-order valence-electron chi connectivity index (χ0n) is 13.2. The minimum atomic E-state index is -0.286. The van der Waals surface area contributed by atoms with Crippen molar-refractivity contribution in [3.63, 3.8) is 0 Å². The van der Waals surface area contributed by atoms with E-state index in [1.165, 1.54) is 0 Å². The van der Waals surface area contributed by atoms with Crippen molar-refractivity contribution in [1.29, 1.82) is 0 Å². The molecule has 3 aromatic rings. The molecule has 1 N–H and O–H groups in total. The van der Waals surface area contributed by atoms with Gasteiger partial charge in [0.25, 0.3) is 5.91 Å². The molecular formula is C18H15ClN2O3. The minimum absolute atomic E-state index is 0.266. The van der Waals surface area contributed by atoms with E-state index < -0.39 is 0 Å². The molecule has 0 aliphatic rings. The van der Waals surface area contributed by atoms with Gasteiger partial charge in [-0.1, -0.05) is 29.8 Å². The lowest BCUT2D eigenvalue weighted by Gasteiger charge is -2.11. The number of benzene rings is 2. The highest BCUT2D eigenvalue weighted by Gasteiger charge is 2.13. The first-order valence-electron chi connectivity index (χ1n) is 7.20. The number of rotatable bonds is 4. The average Bonchev–Trinajstić information content (AvgIpc) is 2.60. The molecule has 0 spiro atoms. The van der Waals surface area contributed by atoms with Gasteiger partial charge in [0.05, 0.1) is 25.3 Å². The molecule has 0 unspecified atom stereocenters. The number of nitrogens with one attached hydrogen (secondary N) is 1. The standard InChI is InChI=1S/C18H15ClN2O3/c1-23-12-7-11(8-13(9-12)24-2)20-18(22)15-10-17(19)21-16-6-4-3-5-14(15)16/h3-10H,1-2H3,(H,20,22). The Bertz CT molecular complexity index is 890. The van der Waals surface area contributed by atoms with Crippen molar-refractivity contribution in [3.8, 4) is 11.5 Å². The zero-order valence-corrected chi connectivity index (χ0v) is 13.9. The average molecular weight is 343 g/mol. The summed E-state index contributed by atoms with van der Waals surface area (Å²) in [6.45, 7) is 0. The highest BCUT2D eigenvalue weighted by atomic mass is 35.5. The predicted molar refractivity (Wildman–Crippen MR) is 94.3 cm³/mol. The summed E-state index contributed by atoms with van der Waals surface area (Å²) in [5.74, 6) is 0.885. The Balaban J connectivity index is 1.99. The van der Waals surface area contributed by atoms with E-state index in [4.69, 9.17) is 21.1 Å². The van der Waals surface area contributed by atoms with E-state index in [2.05, 4.69) is 10.3 Å². The summed E-state index contributed by atoms with van der Waals surface area (Å²) >= 11 is 6.04. The van der Waals surface area contributed by atoms with Crippen molar-refractivity contribution >= 4 is 34.1 Å². The van der Waals surface area contributed by atoms with Crippen molar-refractivity contribution in [2.24, 2.45) is 0 Å². The fourth-order valence-corrected chi connectivity index (χ4v) is 2.61. The Kier molecular flexibility index (Phi) is 4.53. The molecule has 2 aromatic carbocycles. The van der Waals surface area contributed by atoms with E-state index in [9.17, 15) is 4.79 Å². The molecule has 0 radical (unpaired) electrons. The van der Waals surface area contributed by atoms with Crippen LogP contribution in [0, 0.1) is 0 Å². The molecule has 0 aliphatic carbocycles. The molecule has 0 saturated heterocycles. The van der Waals surface area contributed by atoms with E-state index in [1.807, 2.05) is 24.3 Å². The Morgan fingerprint density at radius 2 is 1.71 bits per heavy atom. The lowest BCUT2D eigenvalue weighted by Crippen LogP contribution is -2.13. The van der Waals surface area contributed by atoms with Crippen LogP contribution >= 0.6 is 11.6 Å². The number of ether oxygens (including phenoxy) is 2. The van der Waals surface area contributed by atoms with Gasteiger partial charge in [-0.05, 0) is 12.1 Å². The number of hydrogen-bond acceptors (Lipinski definition) is 4. The van der Waals surface area contributed by atoms with Gasteiger partial charge in [-0.25, -0.2) is 4.98 Å². The monoisotopic (exact) mass is 342 g/mol. The van der Waals surface area contributed by atoms with Gasteiger partial charge in [0, 0.05) is 29.3 Å². The number of halogens is 1. The van der Waals surface area contributed by atoms with Crippen molar-refractivity contribution in [2.75, 3.05) is 19.5 Å². The smallest absolute Gasteiger partial charge is 0.256 e. The van der Waals surface area contributed by atoms with E-state index >= 15 is 0 Å². The highest BCUT2D eigenvalue weighted by molar-refractivity contribution is 6.30. The SMILES string of the molecule is COc1cc(NC(=O)c2cc(Cl)nc3ccccc23)cc(OC)c1. The lowest BCUT2D eigenvalue weighted by atomic mass is 10.1. The second-order valence-corrected chi connectivity index (χ2v) is 5.45. The third kappa shape index (κ3) is 3.26. The molecule has 1 amide bonds. The Morgan fingerprint density at radius 3 is 2.38 bits per heavy atom. The van der Waals surface area contributed by atoms with Crippen LogP contribution in [0.1, 0.15) is 10.4 Å². The largest absolute Gasteiger partial charge is 0.497 e. The number of para-hydroxylation sites is 1. The highest BCUT2D eigenvalue weighted by Crippen LogP contribution is 2.27. The Labute approximate surface area is 144 Å². The maximum atomic E-state index is 12.7. The van der Waals surface area contributed by atoms with Crippen LogP contribution in [-0.4, -0.2) is 25.1 Å². The maximum Gasteiger partial charge on any atom is 0.256 e. The summed E-state index contributed by atoms with van der Waals surface area (Å²) in [4.78, 5) is 16.9. The molecule has 5 nitrogen and oxygen atoms in total. The van der Waals surface area contributed by atoms with Crippen molar-refractivity contribution in [3.05, 3.63) is 59.2 Å². The molecule has 24 heavy (non-hydrogen) atoms. The van der Waals surface area contributed by atoms with E-state index in [-0.39, 0.29) is 11.1 Å². The zero-order chi connectivity index (χ0) is 17.1. The van der Waals surface area contributed by atoms with Crippen molar-refractivity contribution in [1.82, 2.24) is 4.98 Å². The maximum absolute atomic E-state index is 12.7. The van der Waals surface area contributed by atoms with E-state index in [0.29, 0.717) is 28.3 Å². The number of amides is 1. The minimum Gasteiger partial charge on any atom is -0.497 e. The normalized spacial score (nSPS) is 10.5. The molecule has 122 valence electrons. The number of carbonyl (C=O) groups excluding carboxylic acids is 1. The number of pyridine rings is 1.